The Kier molecular flexibility index (Phi) is 2.79. The smallest absolute Gasteiger partial charge is 0.238 e. The fourth-order valence-corrected chi connectivity index (χ4v) is 1.85. The zero-order valence-corrected chi connectivity index (χ0v) is 9.34. The topological polar surface area (TPSA) is 78.7 Å². The molecular weight excluding hydrogens is 224 g/mol. The fraction of sp³-hybridized carbons (Fsp3) is 0.200. The Morgan fingerprint density at radius 1 is 1.50 bits per heavy atom. The van der Waals surface area contributed by atoms with Crippen LogP contribution >= 0.6 is 11.7 Å². The maximum Gasteiger partial charge on any atom is 0.238 e. The van der Waals surface area contributed by atoms with Gasteiger partial charge in [-0.05, 0) is 24.6 Å². The number of hydrogen-bond donors (Lipinski definition) is 1. The van der Waals surface area contributed by atoms with Gasteiger partial charge in [0.2, 0.25) is 5.91 Å². The van der Waals surface area contributed by atoms with Crippen LogP contribution in [0.25, 0.3) is 11.0 Å². The molecule has 16 heavy (non-hydrogen) atoms. The van der Waals surface area contributed by atoms with Crippen LogP contribution in [0.2, 0.25) is 0 Å². The SMILES string of the molecule is Cc1cc2nsnc2cc1NC(=O)CC#N. The van der Waals surface area contributed by atoms with Gasteiger partial charge in [-0.2, -0.15) is 14.0 Å². The zero-order valence-electron chi connectivity index (χ0n) is 8.52. The molecule has 0 atom stereocenters. The van der Waals surface area contributed by atoms with Gasteiger partial charge < -0.3 is 5.32 Å². The third-order valence-electron chi connectivity index (χ3n) is 2.11. The molecule has 0 aliphatic rings. The largest absolute Gasteiger partial charge is 0.325 e. The van der Waals surface area contributed by atoms with Crippen molar-refractivity contribution in [2.45, 2.75) is 13.3 Å². The number of rotatable bonds is 2. The van der Waals surface area contributed by atoms with Gasteiger partial charge in [-0.1, -0.05) is 0 Å². The van der Waals surface area contributed by atoms with Gasteiger partial charge in [-0.25, -0.2) is 0 Å². The normalized spacial score (nSPS) is 10.0. The molecule has 0 saturated heterocycles. The molecule has 1 aromatic carbocycles. The number of nitriles is 1. The minimum absolute atomic E-state index is 0.146. The second kappa shape index (κ2) is 4.24. The molecule has 0 aliphatic carbocycles. The molecule has 2 rings (SSSR count). The van der Waals surface area contributed by atoms with Crippen molar-refractivity contribution in [3.63, 3.8) is 0 Å². The molecule has 0 unspecified atom stereocenters. The van der Waals surface area contributed by atoms with Crippen LogP contribution in [0.4, 0.5) is 5.69 Å². The van der Waals surface area contributed by atoms with Gasteiger partial charge in [0.1, 0.15) is 17.5 Å². The first-order valence-electron chi connectivity index (χ1n) is 4.60. The third-order valence-corrected chi connectivity index (χ3v) is 2.67. The van der Waals surface area contributed by atoms with Crippen molar-refractivity contribution in [3.8, 4) is 6.07 Å². The third kappa shape index (κ3) is 1.99. The first-order valence-corrected chi connectivity index (χ1v) is 5.33. The lowest BCUT2D eigenvalue weighted by Gasteiger charge is -2.05. The molecule has 6 heteroatoms. The number of aromatic nitrogens is 2. The lowest BCUT2D eigenvalue weighted by atomic mass is 10.1. The van der Waals surface area contributed by atoms with Crippen molar-refractivity contribution < 1.29 is 4.79 Å². The first-order chi connectivity index (χ1) is 7.70. The Morgan fingerprint density at radius 3 is 2.88 bits per heavy atom. The van der Waals surface area contributed by atoms with Crippen LogP contribution < -0.4 is 5.32 Å². The van der Waals surface area contributed by atoms with Crippen molar-refractivity contribution in [2.75, 3.05) is 5.32 Å². The zero-order chi connectivity index (χ0) is 11.5. The molecule has 1 aromatic heterocycles. The summed E-state index contributed by atoms with van der Waals surface area (Å²) in [5.74, 6) is -0.312. The molecule has 1 N–H and O–H groups in total. The van der Waals surface area contributed by atoms with Gasteiger partial charge in [-0.15, -0.1) is 0 Å². The van der Waals surface area contributed by atoms with Gasteiger partial charge in [0, 0.05) is 5.69 Å². The van der Waals surface area contributed by atoms with Crippen LogP contribution in [0, 0.1) is 18.3 Å². The maximum absolute atomic E-state index is 11.3. The summed E-state index contributed by atoms with van der Waals surface area (Å²) in [6.07, 6.45) is -0.146. The highest BCUT2D eigenvalue weighted by molar-refractivity contribution is 7.00. The van der Waals surface area contributed by atoms with Crippen LogP contribution in [0.3, 0.4) is 0 Å². The number of fused-ring (bicyclic) bond motifs is 1. The minimum Gasteiger partial charge on any atom is -0.325 e. The summed E-state index contributed by atoms with van der Waals surface area (Å²) >= 11 is 1.13. The number of benzene rings is 1. The van der Waals surface area contributed by atoms with E-state index in [9.17, 15) is 4.79 Å². The Bertz CT molecular complexity index is 584. The van der Waals surface area contributed by atoms with E-state index in [0.29, 0.717) is 5.69 Å². The van der Waals surface area contributed by atoms with Gasteiger partial charge in [-0.3, -0.25) is 4.79 Å². The molecule has 5 nitrogen and oxygen atoms in total. The Balaban J connectivity index is 2.33. The Morgan fingerprint density at radius 2 is 2.19 bits per heavy atom. The molecule has 0 bridgehead atoms. The number of anilines is 1. The van der Waals surface area contributed by atoms with Crippen LogP contribution in [-0.4, -0.2) is 14.7 Å². The molecule has 0 saturated carbocycles. The monoisotopic (exact) mass is 232 g/mol. The minimum atomic E-state index is -0.312. The molecule has 0 aliphatic heterocycles. The highest BCUT2D eigenvalue weighted by Gasteiger charge is 2.07. The summed E-state index contributed by atoms with van der Waals surface area (Å²) in [6.45, 7) is 1.88. The highest BCUT2D eigenvalue weighted by Crippen LogP contribution is 2.22. The van der Waals surface area contributed by atoms with E-state index in [0.717, 1.165) is 28.3 Å². The van der Waals surface area contributed by atoms with Gasteiger partial charge in [0.25, 0.3) is 0 Å². The summed E-state index contributed by atoms with van der Waals surface area (Å²) in [4.78, 5) is 11.3. The second-order valence-electron chi connectivity index (χ2n) is 3.30. The average molecular weight is 232 g/mol. The van der Waals surface area contributed by atoms with Crippen LogP contribution in [-0.2, 0) is 4.79 Å². The second-order valence-corrected chi connectivity index (χ2v) is 3.83. The van der Waals surface area contributed by atoms with Gasteiger partial charge in [0.05, 0.1) is 17.8 Å². The summed E-state index contributed by atoms with van der Waals surface area (Å²) in [5.41, 5.74) is 3.16. The number of nitrogens with one attached hydrogen (secondary N) is 1. The average Bonchev–Trinajstić information content (AvgIpc) is 2.65. The molecule has 0 radical (unpaired) electrons. The molecule has 1 heterocycles. The van der Waals surface area contributed by atoms with Crippen molar-refractivity contribution in [1.29, 1.82) is 5.26 Å². The van der Waals surface area contributed by atoms with E-state index in [4.69, 9.17) is 5.26 Å². The lowest BCUT2D eigenvalue weighted by molar-refractivity contribution is -0.115. The molecular formula is C10H8N4OS. The summed E-state index contributed by atoms with van der Waals surface area (Å²) in [6, 6.07) is 5.43. The van der Waals surface area contributed by atoms with E-state index in [-0.39, 0.29) is 12.3 Å². The molecule has 0 spiro atoms. The lowest BCUT2D eigenvalue weighted by Crippen LogP contribution is -2.11. The van der Waals surface area contributed by atoms with Gasteiger partial charge >= 0.3 is 0 Å². The summed E-state index contributed by atoms with van der Waals surface area (Å²) in [5, 5.41) is 11.1. The van der Waals surface area contributed by atoms with Crippen LogP contribution in [0.1, 0.15) is 12.0 Å². The number of amides is 1. The van der Waals surface area contributed by atoms with Crippen molar-refractivity contribution in [1.82, 2.24) is 8.75 Å². The molecule has 0 fully saturated rings. The van der Waals surface area contributed by atoms with Crippen molar-refractivity contribution >= 4 is 34.4 Å². The maximum atomic E-state index is 11.3. The number of nitrogens with zero attached hydrogens (tertiary/aromatic N) is 3. The van der Waals surface area contributed by atoms with Crippen molar-refractivity contribution in [2.24, 2.45) is 0 Å². The predicted molar refractivity (Wildman–Crippen MR) is 61.0 cm³/mol. The highest BCUT2D eigenvalue weighted by atomic mass is 32.1. The van der Waals surface area contributed by atoms with E-state index < -0.39 is 0 Å². The van der Waals surface area contributed by atoms with E-state index in [1.807, 2.05) is 13.0 Å². The van der Waals surface area contributed by atoms with Crippen molar-refractivity contribution in [3.05, 3.63) is 17.7 Å². The molecule has 1 amide bonds. The van der Waals surface area contributed by atoms with E-state index in [1.54, 1.807) is 12.1 Å². The van der Waals surface area contributed by atoms with E-state index in [2.05, 4.69) is 14.1 Å². The quantitative estimate of drug-likeness (QED) is 0.857. The Labute approximate surface area is 96.0 Å². The number of carbonyl (C=O) groups excluding carboxylic acids is 1. The number of hydrogen-bond acceptors (Lipinski definition) is 5. The Hall–Kier alpha value is -2.00. The number of carbonyl (C=O) groups is 1. The fourth-order valence-electron chi connectivity index (χ4n) is 1.34. The number of aryl methyl sites for hydroxylation is 1. The summed E-state index contributed by atoms with van der Waals surface area (Å²) < 4.78 is 8.19. The summed E-state index contributed by atoms with van der Waals surface area (Å²) in [7, 11) is 0. The standard InChI is InChI=1S/C10H8N4OS/c1-6-4-8-9(14-16-13-8)5-7(6)12-10(15)2-3-11/h4-5H,2H2,1H3,(H,12,15). The molecule has 2 aromatic rings. The van der Waals surface area contributed by atoms with E-state index in [1.165, 1.54) is 0 Å². The van der Waals surface area contributed by atoms with Crippen LogP contribution in [0.15, 0.2) is 12.1 Å². The first kappa shape index (κ1) is 10.5. The molecule has 80 valence electrons. The predicted octanol–water partition coefficient (Wildman–Crippen LogP) is 1.85. The van der Waals surface area contributed by atoms with E-state index >= 15 is 0 Å². The van der Waals surface area contributed by atoms with Crippen LogP contribution in [0.5, 0.6) is 0 Å². The van der Waals surface area contributed by atoms with Gasteiger partial charge in [0.15, 0.2) is 0 Å².